The van der Waals surface area contributed by atoms with Crippen molar-refractivity contribution in [1.29, 1.82) is 0 Å². The zero-order chi connectivity index (χ0) is 9.97. The molecule has 0 radical (unpaired) electrons. The van der Waals surface area contributed by atoms with Gasteiger partial charge in [0, 0.05) is 12.3 Å². The van der Waals surface area contributed by atoms with Crippen molar-refractivity contribution in [2.45, 2.75) is 0 Å². The highest BCUT2D eigenvalue weighted by Gasteiger charge is 2.02. The van der Waals surface area contributed by atoms with Crippen LogP contribution in [-0.4, -0.2) is 19.9 Å². The topological polar surface area (TPSA) is 97.6 Å². The molecule has 70 valence electrons. The summed E-state index contributed by atoms with van der Waals surface area (Å²) < 4.78 is 0. The SMILES string of the molecule is Nc1cc(=O)[nH]c(-c2ccncn2)n1. The molecule has 0 spiro atoms. The van der Waals surface area contributed by atoms with Gasteiger partial charge in [-0.3, -0.25) is 4.79 Å². The number of rotatable bonds is 1. The molecule has 0 amide bonds. The van der Waals surface area contributed by atoms with Crippen LogP contribution in [0.2, 0.25) is 0 Å². The second kappa shape index (κ2) is 3.25. The first-order chi connectivity index (χ1) is 6.75. The minimum absolute atomic E-state index is 0.169. The van der Waals surface area contributed by atoms with Crippen molar-refractivity contribution in [3.05, 3.63) is 35.0 Å². The van der Waals surface area contributed by atoms with E-state index in [4.69, 9.17) is 5.73 Å². The molecular formula is C8H7N5O. The van der Waals surface area contributed by atoms with Crippen LogP contribution in [-0.2, 0) is 0 Å². The molecule has 3 N–H and O–H groups in total. The molecule has 0 aromatic carbocycles. The quantitative estimate of drug-likeness (QED) is 0.647. The fourth-order valence-electron chi connectivity index (χ4n) is 1.03. The maximum Gasteiger partial charge on any atom is 0.253 e. The number of H-pyrrole nitrogens is 1. The largest absolute Gasteiger partial charge is 0.383 e. The normalized spacial score (nSPS) is 10.0. The molecule has 2 heterocycles. The molecule has 2 rings (SSSR count). The number of aromatic amines is 1. The maximum atomic E-state index is 11.1. The Kier molecular flexibility index (Phi) is 1.94. The van der Waals surface area contributed by atoms with Gasteiger partial charge in [0.25, 0.3) is 5.56 Å². The molecule has 0 saturated heterocycles. The molecule has 0 aliphatic heterocycles. The van der Waals surface area contributed by atoms with Gasteiger partial charge >= 0.3 is 0 Å². The molecule has 0 fully saturated rings. The Morgan fingerprint density at radius 1 is 1.43 bits per heavy atom. The van der Waals surface area contributed by atoms with E-state index >= 15 is 0 Å². The number of nitrogen functional groups attached to an aromatic ring is 1. The molecular weight excluding hydrogens is 182 g/mol. The Morgan fingerprint density at radius 3 is 2.93 bits per heavy atom. The van der Waals surface area contributed by atoms with E-state index in [0.717, 1.165) is 0 Å². The molecule has 0 bridgehead atoms. The van der Waals surface area contributed by atoms with Gasteiger partial charge in [0.2, 0.25) is 0 Å². The van der Waals surface area contributed by atoms with Gasteiger partial charge in [-0.15, -0.1) is 0 Å². The standard InChI is InChI=1S/C8H7N5O/c9-6-3-7(14)13-8(12-6)5-1-2-10-4-11-5/h1-4H,(H3,9,12,13,14). The fraction of sp³-hybridized carbons (Fsp3) is 0. The average Bonchev–Trinajstić information content (AvgIpc) is 2.18. The number of anilines is 1. The minimum atomic E-state index is -0.300. The van der Waals surface area contributed by atoms with Crippen LogP contribution in [0.15, 0.2) is 29.5 Å². The lowest BCUT2D eigenvalue weighted by molar-refractivity contribution is 1.08. The summed E-state index contributed by atoms with van der Waals surface area (Å²) in [6.07, 6.45) is 2.93. The van der Waals surface area contributed by atoms with Gasteiger partial charge in [-0.25, -0.2) is 15.0 Å². The third-order valence-corrected chi connectivity index (χ3v) is 1.59. The number of aromatic nitrogens is 4. The van der Waals surface area contributed by atoms with E-state index in [1.54, 1.807) is 12.3 Å². The van der Waals surface area contributed by atoms with Gasteiger partial charge < -0.3 is 10.7 Å². The van der Waals surface area contributed by atoms with E-state index in [1.165, 1.54) is 12.4 Å². The summed E-state index contributed by atoms with van der Waals surface area (Å²) in [5.41, 5.74) is 5.65. The first-order valence-corrected chi connectivity index (χ1v) is 3.89. The molecule has 6 nitrogen and oxygen atoms in total. The van der Waals surface area contributed by atoms with Crippen molar-refractivity contribution in [3.63, 3.8) is 0 Å². The number of hydrogen-bond donors (Lipinski definition) is 2. The summed E-state index contributed by atoms with van der Waals surface area (Å²) >= 11 is 0. The maximum absolute atomic E-state index is 11.1. The number of nitrogens with zero attached hydrogens (tertiary/aromatic N) is 3. The summed E-state index contributed by atoms with van der Waals surface area (Å²) in [5, 5.41) is 0. The van der Waals surface area contributed by atoms with Crippen LogP contribution in [0.1, 0.15) is 0 Å². The Balaban J connectivity index is 2.58. The number of nitrogens with two attached hydrogens (primary N) is 1. The zero-order valence-corrected chi connectivity index (χ0v) is 7.14. The van der Waals surface area contributed by atoms with Gasteiger partial charge in [-0.05, 0) is 6.07 Å². The monoisotopic (exact) mass is 189 g/mol. The predicted octanol–water partition coefficient (Wildman–Crippen LogP) is -0.191. The summed E-state index contributed by atoms with van der Waals surface area (Å²) in [7, 11) is 0. The van der Waals surface area contributed by atoms with Crippen LogP contribution in [0.25, 0.3) is 11.5 Å². The van der Waals surface area contributed by atoms with Gasteiger partial charge in [0.05, 0.1) is 0 Å². The second-order valence-corrected chi connectivity index (χ2v) is 2.61. The van der Waals surface area contributed by atoms with Crippen LogP contribution in [0.4, 0.5) is 5.82 Å². The predicted molar refractivity (Wildman–Crippen MR) is 50.3 cm³/mol. The first-order valence-electron chi connectivity index (χ1n) is 3.89. The molecule has 0 aliphatic rings. The Morgan fingerprint density at radius 2 is 2.29 bits per heavy atom. The molecule has 6 heteroatoms. The average molecular weight is 189 g/mol. The Bertz CT molecular complexity index is 493. The Hall–Kier alpha value is -2.24. The molecule has 0 saturated carbocycles. The van der Waals surface area contributed by atoms with Crippen LogP contribution >= 0.6 is 0 Å². The highest BCUT2D eigenvalue weighted by atomic mass is 16.1. The number of hydrogen-bond acceptors (Lipinski definition) is 5. The smallest absolute Gasteiger partial charge is 0.253 e. The Labute approximate surface area is 78.9 Å². The zero-order valence-electron chi connectivity index (χ0n) is 7.14. The molecule has 14 heavy (non-hydrogen) atoms. The lowest BCUT2D eigenvalue weighted by Gasteiger charge is -1.98. The first kappa shape index (κ1) is 8.36. The highest BCUT2D eigenvalue weighted by Crippen LogP contribution is 2.08. The summed E-state index contributed by atoms with van der Waals surface area (Å²) in [6, 6.07) is 2.85. The molecule has 0 aliphatic carbocycles. The third kappa shape index (κ3) is 1.58. The van der Waals surface area contributed by atoms with Crippen LogP contribution in [0, 0.1) is 0 Å². The van der Waals surface area contributed by atoms with Crippen molar-refractivity contribution >= 4 is 5.82 Å². The number of nitrogens with one attached hydrogen (secondary N) is 1. The van der Waals surface area contributed by atoms with Gasteiger partial charge in [0.1, 0.15) is 17.8 Å². The van der Waals surface area contributed by atoms with Crippen molar-refractivity contribution in [1.82, 2.24) is 19.9 Å². The second-order valence-electron chi connectivity index (χ2n) is 2.61. The van der Waals surface area contributed by atoms with Crippen LogP contribution in [0.3, 0.4) is 0 Å². The lowest BCUT2D eigenvalue weighted by Crippen LogP contribution is -2.10. The molecule has 2 aromatic heterocycles. The molecule has 2 aromatic rings. The highest BCUT2D eigenvalue weighted by molar-refractivity contribution is 5.49. The lowest BCUT2D eigenvalue weighted by atomic mass is 10.4. The molecule has 0 atom stereocenters. The minimum Gasteiger partial charge on any atom is -0.383 e. The summed E-state index contributed by atoms with van der Waals surface area (Å²) in [6.45, 7) is 0. The summed E-state index contributed by atoms with van der Waals surface area (Å²) in [5.74, 6) is 0.514. The molecule has 0 unspecified atom stereocenters. The van der Waals surface area contributed by atoms with E-state index in [2.05, 4.69) is 19.9 Å². The summed E-state index contributed by atoms with van der Waals surface area (Å²) in [4.78, 5) is 25.2. The third-order valence-electron chi connectivity index (χ3n) is 1.59. The van der Waals surface area contributed by atoms with Crippen molar-refractivity contribution < 1.29 is 0 Å². The van der Waals surface area contributed by atoms with E-state index in [9.17, 15) is 4.79 Å². The fourth-order valence-corrected chi connectivity index (χ4v) is 1.03. The van der Waals surface area contributed by atoms with Crippen molar-refractivity contribution in [2.75, 3.05) is 5.73 Å². The van der Waals surface area contributed by atoms with Crippen LogP contribution < -0.4 is 11.3 Å². The van der Waals surface area contributed by atoms with E-state index < -0.39 is 0 Å². The van der Waals surface area contributed by atoms with Gasteiger partial charge in [-0.1, -0.05) is 0 Å². The van der Waals surface area contributed by atoms with E-state index in [1.807, 2.05) is 0 Å². The van der Waals surface area contributed by atoms with Crippen molar-refractivity contribution in [3.8, 4) is 11.5 Å². The van der Waals surface area contributed by atoms with Gasteiger partial charge in [0.15, 0.2) is 5.82 Å². The van der Waals surface area contributed by atoms with Crippen molar-refractivity contribution in [2.24, 2.45) is 0 Å². The van der Waals surface area contributed by atoms with Crippen LogP contribution in [0.5, 0.6) is 0 Å². The van der Waals surface area contributed by atoms with E-state index in [0.29, 0.717) is 11.5 Å². The van der Waals surface area contributed by atoms with Gasteiger partial charge in [-0.2, -0.15) is 0 Å². The van der Waals surface area contributed by atoms with E-state index in [-0.39, 0.29) is 11.4 Å².